The molecule has 306 valence electrons. The van der Waals surface area contributed by atoms with E-state index in [1.54, 1.807) is 49.6 Å². The van der Waals surface area contributed by atoms with Crippen LogP contribution in [0.3, 0.4) is 0 Å². The highest BCUT2D eigenvalue weighted by atomic mass is 32.3. The second-order valence-corrected chi connectivity index (χ2v) is 18.6. The first kappa shape index (κ1) is 42.8. The Hall–Kier alpha value is -5.31. The van der Waals surface area contributed by atoms with E-state index >= 15 is 0 Å². The van der Waals surface area contributed by atoms with Crippen LogP contribution in [0.25, 0.3) is 11.1 Å². The van der Waals surface area contributed by atoms with Gasteiger partial charge in [0.05, 0.1) is 31.5 Å². The van der Waals surface area contributed by atoms with Gasteiger partial charge in [-0.25, -0.2) is 31.1 Å². The Labute approximate surface area is 334 Å². The maximum atomic E-state index is 13.4. The molecule has 0 saturated carbocycles. The monoisotopic (exact) mass is 844 g/mol. The number of fused-ring (bicyclic) bond motifs is 1. The number of aromatic nitrogens is 2. The molecule has 0 fully saturated rings. The molecule has 2 aromatic heterocycles. The highest BCUT2D eigenvalue weighted by molar-refractivity contribution is 7.95. The van der Waals surface area contributed by atoms with Crippen LogP contribution >= 0.6 is 11.3 Å². The predicted octanol–water partition coefficient (Wildman–Crippen LogP) is 4.16. The second-order valence-electron chi connectivity index (χ2n) is 13.1. The number of thiophene rings is 1. The Kier molecular flexibility index (Phi) is 14.1. The standard InChI is InChI=1S/C37H44N6O11S3/c1-5-38-31-17-23(2)56(48,49)36-30(31)19-34(55-36)57(50,51)42-32(44)13-14-33(45)54-24(3)35(46)53-16-15-43(22-25-7-6-8-29(18-25)52-4)37(47)41-28-11-9-26(10-12-28)27-20-39-40-21-27/h6-12,18-21,23-24,31,38H,5,13-17,22H2,1-4H3,(H,39,40)(H,41,47)(H,42,44)/t23-,24-,31-/m0/s1. The van der Waals surface area contributed by atoms with Crippen molar-refractivity contribution in [2.24, 2.45) is 0 Å². The van der Waals surface area contributed by atoms with Crippen LogP contribution in [0.4, 0.5) is 10.5 Å². The van der Waals surface area contributed by atoms with E-state index in [4.69, 9.17) is 14.2 Å². The fourth-order valence-corrected chi connectivity index (χ4v) is 10.9. The summed E-state index contributed by atoms with van der Waals surface area (Å²) in [5.41, 5.74) is 3.39. The summed E-state index contributed by atoms with van der Waals surface area (Å²) in [7, 11) is -6.69. The molecule has 5 rings (SSSR count). The average Bonchev–Trinajstić information content (AvgIpc) is 3.89. The molecule has 3 heterocycles. The number of nitrogens with zero attached hydrogens (tertiary/aromatic N) is 2. The maximum Gasteiger partial charge on any atom is 0.347 e. The molecule has 17 nitrogen and oxygen atoms in total. The average molecular weight is 845 g/mol. The molecule has 3 atom stereocenters. The molecule has 3 amide bonds. The van der Waals surface area contributed by atoms with Crippen molar-refractivity contribution in [1.82, 2.24) is 25.1 Å². The van der Waals surface area contributed by atoms with E-state index in [0.29, 0.717) is 34.9 Å². The van der Waals surface area contributed by atoms with Crippen LogP contribution in [-0.2, 0) is 50.3 Å². The van der Waals surface area contributed by atoms with E-state index in [1.807, 2.05) is 29.8 Å². The molecular weight excluding hydrogens is 801 g/mol. The van der Waals surface area contributed by atoms with Crippen molar-refractivity contribution in [3.05, 3.63) is 78.1 Å². The van der Waals surface area contributed by atoms with E-state index in [0.717, 1.165) is 16.7 Å². The Bertz CT molecular complexity index is 2280. The lowest BCUT2D eigenvalue weighted by Gasteiger charge is -2.27. The number of H-pyrrole nitrogens is 1. The van der Waals surface area contributed by atoms with Gasteiger partial charge in [-0.3, -0.25) is 14.7 Å². The Balaban J connectivity index is 1.11. The van der Waals surface area contributed by atoms with Crippen LogP contribution in [0.2, 0.25) is 0 Å². The van der Waals surface area contributed by atoms with Crippen molar-refractivity contribution >= 4 is 60.8 Å². The van der Waals surface area contributed by atoms with E-state index < -0.39 is 67.9 Å². The highest BCUT2D eigenvalue weighted by Gasteiger charge is 2.40. The summed E-state index contributed by atoms with van der Waals surface area (Å²) >= 11 is 0.565. The Morgan fingerprint density at radius 2 is 1.82 bits per heavy atom. The third-order valence-electron chi connectivity index (χ3n) is 8.96. The quantitative estimate of drug-likeness (QED) is 0.110. The van der Waals surface area contributed by atoms with Crippen molar-refractivity contribution in [3.8, 4) is 16.9 Å². The molecule has 20 heteroatoms. The van der Waals surface area contributed by atoms with Gasteiger partial charge < -0.3 is 29.7 Å². The first-order chi connectivity index (χ1) is 27.1. The lowest BCUT2D eigenvalue weighted by molar-refractivity contribution is -0.166. The Morgan fingerprint density at radius 1 is 1.07 bits per heavy atom. The molecule has 0 aliphatic carbocycles. The van der Waals surface area contributed by atoms with Gasteiger partial charge in [-0.15, -0.1) is 11.3 Å². The molecular formula is C37H44N6O11S3. The van der Waals surface area contributed by atoms with Crippen LogP contribution in [-0.4, -0.2) is 94.0 Å². The number of carbonyl (C=O) groups excluding carboxylic acids is 4. The Morgan fingerprint density at radius 3 is 2.51 bits per heavy atom. The number of aromatic amines is 1. The number of hydrogen-bond donors (Lipinski definition) is 4. The van der Waals surface area contributed by atoms with Crippen molar-refractivity contribution in [1.29, 1.82) is 0 Å². The van der Waals surface area contributed by atoms with E-state index in [1.165, 1.54) is 25.0 Å². The zero-order valence-electron chi connectivity index (χ0n) is 31.6. The molecule has 1 aliphatic heterocycles. The second kappa shape index (κ2) is 18.8. The van der Waals surface area contributed by atoms with Crippen molar-refractivity contribution < 1.29 is 50.2 Å². The van der Waals surface area contributed by atoms with Gasteiger partial charge in [0, 0.05) is 42.0 Å². The normalized spacial score (nSPS) is 16.4. The summed E-state index contributed by atoms with van der Waals surface area (Å²) < 4.78 is 69.1. The smallest absolute Gasteiger partial charge is 0.347 e. The van der Waals surface area contributed by atoms with Crippen LogP contribution in [0, 0.1) is 0 Å². The van der Waals surface area contributed by atoms with E-state index in [-0.39, 0.29) is 40.6 Å². The molecule has 0 bridgehead atoms. The summed E-state index contributed by atoms with van der Waals surface area (Å²) in [6.07, 6.45) is 1.15. The fraction of sp³-hybridized carbons (Fsp3) is 0.378. The van der Waals surface area contributed by atoms with Gasteiger partial charge in [-0.05, 0) is 68.3 Å². The number of methoxy groups -OCH3 is 1. The number of amides is 3. The maximum absolute atomic E-state index is 13.4. The number of hydrogen-bond acceptors (Lipinski definition) is 14. The zero-order valence-corrected chi connectivity index (χ0v) is 34.1. The summed E-state index contributed by atoms with van der Waals surface area (Å²) in [6, 6.07) is 14.7. The molecule has 2 aromatic carbocycles. The number of urea groups is 1. The van der Waals surface area contributed by atoms with E-state index in [2.05, 4.69) is 20.8 Å². The molecule has 0 unspecified atom stereocenters. The van der Waals surface area contributed by atoms with Crippen LogP contribution in [0.15, 0.2) is 75.4 Å². The minimum atomic E-state index is -4.46. The first-order valence-corrected chi connectivity index (χ1v) is 21.8. The lowest BCUT2D eigenvalue weighted by Crippen LogP contribution is -2.38. The number of esters is 2. The fourth-order valence-electron chi connectivity index (χ4n) is 5.92. The molecule has 0 radical (unpaired) electrons. The number of benzene rings is 2. The van der Waals surface area contributed by atoms with Gasteiger partial charge in [0.15, 0.2) is 15.9 Å². The van der Waals surface area contributed by atoms with Gasteiger partial charge in [0.1, 0.15) is 20.8 Å². The molecule has 57 heavy (non-hydrogen) atoms. The van der Waals surface area contributed by atoms with E-state index in [9.17, 15) is 36.0 Å². The summed E-state index contributed by atoms with van der Waals surface area (Å²) in [4.78, 5) is 52.7. The van der Waals surface area contributed by atoms with Crippen molar-refractivity contribution in [2.45, 2.75) is 72.4 Å². The molecule has 4 aromatic rings. The largest absolute Gasteiger partial charge is 0.497 e. The van der Waals surface area contributed by atoms with Gasteiger partial charge in [0.25, 0.3) is 10.0 Å². The SMILES string of the molecule is CCN[C@H]1C[C@H](C)S(=O)(=O)c2sc(S(=O)(=O)NC(=O)CCC(=O)O[C@@H](C)C(=O)OCCN(Cc3cccc(OC)c3)C(=O)Nc3ccc(-c4cn[nH]c4)cc3)cc21. The summed E-state index contributed by atoms with van der Waals surface area (Å²) in [5.74, 6) is -2.31. The van der Waals surface area contributed by atoms with Crippen molar-refractivity contribution in [3.63, 3.8) is 0 Å². The third kappa shape index (κ3) is 11.0. The van der Waals surface area contributed by atoms with Crippen LogP contribution in [0.1, 0.15) is 57.2 Å². The third-order valence-corrected chi connectivity index (χ3v) is 14.7. The molecule has 0 spiro atoms. The molecule has 0 saturated heterocycles. The first-order valence-electron chi connectivity index (χ1n) is 17.9. The number of ether oxygens (including phenoxy) is 3. The predicted molar refractivity (Wildman–Crippen MR) is 210 cm³/mol. The lowest BCUT2D eigenvalue weighted by atomic mass is 10.1. The van der Waals surface area contributed by atoms with Crippen LogP contribution in [0.5, 0.6) is 5.75 Å². The number of carbonyl (C=O) groups is 4. The molecule has 1 aliphatic rings. The van der Waals surface area contributed by atoms with Gasteiger partial charge in [-0.1, -0.05) is 31.2 Å². The number of sulfone groups is 1. The summed E-state index contributed by atoms with van der Waals surface area (Å²) in [5, 5.41) is 12.0. The minimum Gasteiger partial charge on any atom is -0.497 e. The van der Waals surface area contributed by atoms with Gasteiger partial charge in [-0.2, -0.15) is 5.10 Å². The number of sulfonamides is 1. The van der Waals surface area contributed by atoms with Crippen LogP contribution < -0.4 is 20.1 Å². The topological polar surface area (TPSA) is 232 Å². The van der Waals surface area contributed by atoms with Crippen molar-refractivity contribution in [2.75, 3.05) is 32.1 Å². The minimum absolute atomic E-state index is 0.0366. The number of anilines is 1. The number of nitrogens with one attached hydrogen (secondary N) is 4. The van der Waals surface area contributed by atoms with Gasteiger partial charge in [0.2, 0.25) is 5.91 Å². The zero-order chi connectivity index (χ0) is 41.3. The molecule has 4 N–H and O–H groups in total. The summed E-state index contributed by atoms with van der Waals surface area (Å²) in [6.45, 7) is 5.06. The number of rotatable bonds is 17. The van der Waals surface area contributed by atoms with Gasteiger partial charge >= 0.3 is 18.0 Å². The highest BCUT2D eigenvalue weighted by Crippen LogP contribution is 2.42.